The Morgan fingerprint density at radius 1 is 1.19 bits per heavy atom. The molecule has 0 bridgehead atoms. The van der Waals surface area contributed by atoms with Crippen molar-refractivity contribution in [1.82, 2.24) is 19.9 Å². The molecule has 1 atom stereocenters. The molecule has 6 nitrogen and oxygen atoms in total. The normalized spacial score (nSPS) is 16.4. The number of rotatable bonds is 5. The van der Waals surface area contributed by atoms with Gasteiger partial charge in [-0.15, -0.1) is 0 Å². The predicted octanol–water partition coefficient (Wildman–Crippen LogP) is 3.17. The van der Waals surface area contributed by atoms with E-state index >= 15 is 0 Å². The Labute approximate surface area is 162 Å². The Morgan fingerprint density at radius 3 is 2.67 bits per heavy atom. The van der Waals surface area contributed by atoms with E-state index in [-0.39, 0.29) is 18.5 Å². The van der Waals surface area contributed by atoms with Gasteiger partial charge in [-0.3, -0.25) is 9.78 Å². The molecule has 27 heavy (non-hydrogen) atoms. The van der Waals surface area contributed by atoms with Crippen LogP contribution in [0.2, 0.25) is 5.02 Å². The first kappa shape index (κ1) is 17.7. The summed E-state index contributed by atoms with van der Waals surface area (Å²) in [7, 11) is 0. The standard InChI is InChI=1S/C20H19ClN4O2/c21-16-3-1-14(2-4-16)19-20(15-5-8-22-9-6-15)25(13-23-19)11-18(26)24-17-7-10-27-12-17/h1-6,8-9,13,17H,7,10-12H2,(H,24,26)/t17-/m1/s1. The molecule has 2 aromatic heterocycles. The van der Waals surface area contributed by atoms with Crippen LogP contribution in [0.1, 0.15) is 6.42 Å². The van der Waals surface area contributed by atoms with E-state index in [0.717, 1.165) is 28.9 Å². The number of carbonyl (C=O) groups is 1. The number of halogens is 1. The van der Waals surface area contributed by atoms with Gasteiger partial charge in [0, 0.05) is 35.2 Å². The largest absolute Gasteiger partial charge is 0.379 e. The average Bonchev–Trinajstić information content (AvgIpc) is 3.33. The molecule has 0 aliphatic carbocycles. The van der Waals surface area contributed by atoms with Crippen molar-refractivity contribution >= 4 is 17.5 Å². The predicted molar refractivity (Wildman–Crippen MR) is 103 cm³/mol. The summed E-state index contributed by atoms with van der Waals surface area (Å²) in [6, 6.07) is 11.4. The number of hydrogen-bond acceptors (Lipinski definition) is 4. The maximum atomic E-state index is 12.5. The molecule has 4 rings (SSSR count). The lowest BCUT2D eigenvalue weighted by molar-refractivity contribution is -0.122. The number of amides is 1. The number of imidazole rings is 1. The zero-order valence-electron chi connectivity index (χ0n) is 14.6. The fourth-order valence-electron chi connectivity index (χ4n) is 3.21. The second-order valence-electron chi connectivity index (χ2n) is 6.44. The third-order valence-corrected chi connectivity index (χ3v) is 4.77. The van der Waals surface area contributed by atoms with Gasteiger partial charge in [-0.05, 0) is 30.7 Å². The minimum Gasteiger partial charge on any atom is -0.379 e. The van der Waals surface area contributed by atoms with Crippen LogP contribution >= 0.6 is 11.6 Å². The zero-order chi connectivity index (χ0) is 18.6. The smallest absolute Gasteiger partial charge is 0.240 e. The molecule has 1 aliphatic heterocycles. The van der Waals surface area contributed by atoms with Gasteiger partial charge < -0.3 is 14.6 Å². The van der Waals surface area contributed by atoms with Crippen molar-refractivity contribution in [3.05, 3.63) is 60.1 Å². The average molecular weight is 383 g/mol. The monoisotopic (exact) mass is 382 g/mol. The van der Waals surface area contributed by atoms with Gasteiger partial charge in [0.25, 0.3) is 0 Å². The molecular weight excluding hydrogens is 364 g/mol. The Kier molecular flexibility index (Phi) is 5.18. The Morgan fingerprint density at radius 2 is 1.96 bits per heavy atom. The first-order valence-corrected chi connectivity index (χ1v) is 9.17. The molecule has 1 fully saturated rings. The number of nitrogens with zero attached hydrogens (tertiary/aromatic N) is 3. The Balaban J connectivity index is 1.67. The van der Waals surface area contributed by atoms with Crippen LogP contribution in [0, 0.1) is 0 Å². The number of benzene rings is 1. The summed E-state index contributed by atoms with van der Waals surface area (Å²) >= 11 is 6.01. The summed E-state index contributed by atoms with van der Waals surface area (Å²) in [5.74, 6) is -0.0548. The van der Waals surface area contributed by atoms with Gasteiger partial charge in [0.05, 0.1) is 30.4 Å². The third kappa shape index (κ3) is 4.02. The molecular formula is C20H19ClN4O2. The lowest BCUT2D eigenvalue weighted by Crippen LogP contribution is -2.37. The Hall–Kier alpha value is -2.70. The number of hydrogen-bond donors (Lipinski definition) is 1. The minimum absolute atomic E-state index is 0.0548. The second kappa shape index (κ2) is 7.90. The lowest BCUT2D eigenvalue weighted by atomic mass is 10.1. The molecule has 0 saturated carbocycles. The van der Waals surface area contributed by atoms with Gasteiger partial charge in [-0.2, -0.15) is 0 Å². The van der Waals surface area contributed by atoms with Crippen LogP contribution < -0.4 is 5.32 Å². The third-order valence-electron chi connectivity index (χ3n) is 4.52. The van der Waals surface area contributed by atoms with E-state index in [2.05, 4.69) is 15.3 Å². The molecule has 1 amide bonds. The Bertz CT molecular complexity index is 919. The molecule has 1 aromatic carbocycles. The fraction of sp³-hybridized carbons (Fsp3) is 0.250. The van der Waals surface area contributed by atoms with E-state index in [1.807, 2.05) is 41.0 Å². The van der Waals surface area contributed by atoms with E-state index in [1.165, 1.54) is 0 Å². The molecule has 7 heteroatoms. The summed E-state index contributed by atoms with van der Waals surface area (Å²) in [5.41, 5.74) is 3.56. The van der Waals surface area contributed by atoms with Gasteiger partial charge in [0.2, 0.25) is 5.91 Å². The van der Waals surface area contributed by atoms with Crippen LogP contribution in [0.4, 0.5) is 0 Å². The van der Waals surface area contributed by atoms with E-state index in [4.69, 9.17) is 16.3 Å². The quantitative estimate of drug-likeness (QED) is 0.735. The van der Waals surface area contributed by atoms with Crippen LogP contribution in [-0.4, -0.2) is 39.7 Å². The highest BCUT2D eigenvalue weighted by atomic mass is 35.5. The highest BCUT2D eigenvalue weighted by Gasteiger charge is 2.20. The number of carbonyl (C=O) groups excluding carboxylic acids is 1. The molecule has 0 radical (unpaired) electrons. The molecule has 3 aromatic rings. The fourth-order valence-corrected chi connectivity index (χ4v) is 3.34. The molecule has 0 unspecified atom stereocenters. The topological polar surface area (TPSA) is 69.0 Å². The van der Waals surface area contributed by atoms with Crippen molar-refractivity contribution in [2.75, 3.05) is 13.2 Å². The summed E-state index contributed by atoms with van der Waals surface area (Å²) in [6.45, 7) is 1.46. The van der Waals surface area contributed by atoms with Gasteiger partial charge in [0.15, 0.2) is 0 Å². The molecule has 1 saturated heterocycles. The minimum atomic E-state index is -0.0548. The van der Waals surface area contributed by atoms with Crippen LogP contribution in [0.25, 0.3) is 22.5 Å². The number of ether oxygens (including phenoxy) is 1. The zero-order valence-corrected chi connectivity index (χ0v) is 15.4. The first-order valence-electron chi connectivity index (χ1n) is 8.79. The van der Waals surface area contributed by atoms with Crippen LogP contribution in [0.3, 0.4) is 0 Å². The van der Waals surface area contributed by atoms with Crippen LogP contribution in [0.5, 0.6) is 0 Å². The summed E-state index contributed by atoms with van der Waals surface area (Å²) in [6.07, 6.45) is 6.01. The van der Waals surface area contributed by atoms with Gasteiger partial charge in [-0.25, -0.2) is 4.98 Å². The second-order valence-corrected chi connectivity index (χ2v) is 6.88. The molecule has 1 N–H and O–H groups in total. The molecule has 1 aliphatic rings. The molecule has 0 spiro atoms. The van der Waals surface area contributed by atoms with Crippen molar-refractivity contribution in [3.8, 4) is 22.5 Å². The first-order chi connectivity index (χ1) is 13.2. The number of pyridine rings is 1. The van der Waals surface area contributed by atoms with E-state index < -0.39 is 0 Å². The van der Waals surface area contributed by atoms with Gasteiger partial charge in [0.1, 0.15) is 6.54 Å². The molecule has 138 valence electrons. The van der Waals surface area contributed by atoms with E-state index in [0.29, 0.717) is 18.2 Å². The van der Waals surface area contributed by atoms with Crippen LogP contribution in [0.15, 0.2) is 55.1 Å². The van der Waals surface area contributed by atoms with Gasteiger partial charge in [-0.1, -0.05) is 23.7 Å². The highest BCUT2D eigenvalue weighted by Crippen LogP contribution is 2.31. The summed E-state index contributed by atoms with van der Waals surface area (Å²) < 4.78 is 7.19. The van der Waals surface area contributed by atoms with E-state index in [1.54, 1.807) is 18.7 Å². The van der Waals surface area contributed by atoms with Crippen molar-refractivity contribution < 1.29 is 9.53 Å². The summed E-state index contributed by atoms with van der Waals surface area (Å²) in [5, 5.41) is 3.69. The van der Waals surface area contributed by atoms with Crippen molar-refractivity contribution in [2.45, 2.75) is 19.0 Å². The van der Waals surface area contributed by atoms with Crippen molar-refractivity contribution in [1.29, 1.82) is 0 Å². The summed E-state index contributed by atoms with van der Waals surface area (Å²) in [4.78, 5) is 21.2. The highest BCUT2D eigenvalue weighted by molar-refractivity contribution is 6.30. The maximum Gasteiger partial charge on any atom is 0.240 e. The van der Waals surface area contributed by atoms with Gasteiger partial charge >= 0.3 is 0 Å². The SMILES string of the molecule is O=C(Cn1cnc(-c2ccc(Cl)cc2)c1-c1ccncc1)N[C@@H]1CCOC1. The number of aromatic nitrogens is 3. The van der Waals surface area contributed by atoms with Crippen molar-refractivity contribution in [3.63, 3.8) is 0 Å². The van der Waals surface area contributed by atoms with Crippen LogP contribution in [-0.2, 0) is 16.1 Å². The van der Waals surface area contributed by atoms with E-state index in [9.17, 15) is 4.79 Å². The number of nitrogens with one attached hydrogen (secondary N) is 1. The van der Waals surface area contributed by atoms with Crippen molar-refractivity contribution in [2.24, 2.45) is 0 Å². The lowest BCUT2D eigenvalue weighted by Gasteiger charge is -2.13. The maximum absolute atomic E-state index is 12.5. The molecule has 3 heterocycles.